The second kappa shape index (κ2) is 5.57. The number of hydrogen-bond donors (Lipinski definition) is 2. The Morgan fingerprint density at radius 1 is 1.45 bits per heavy atom. The summed E-state index contributed by atoms with van der Waals surface area (Å²) in [5.41, 5.74) is 0.176. The van der Waals surface area contributed by atoms with Crippen LogP contribution in [-0.2, 0) is 16.6 Å². The van der Waals surface area contributed by atoms with E-state index >= 15 is 0 Å². The van der Waals surface area contributed by atoms with Gasteiger partial charge in [-0.2, -0.15) is 5.10 Å². The molecule has 1 heterocycles. The number of benzene rings is 1. The van der Waals surface area contributed by atoms with E-state index in [-0.39, 0.29) is 16.5 Å². The van der Waals surface area contributed by atoms with Crippen LogP contribution in [0.4, 0.5) is 5.69 Å². The van der Waals surface area contributed by atoms with Gasteiger partial charge in [-0.15, -0.1) is 0 Å². The van der Waals surface area contributed by atoms with Gasteiger partial charge in [-0.25, -0.2) is 13.1 Å². The van der Waals surface area contributed by atoms with Crippen LogP contribution in [0.25, 0.3) is 0 Å². The Bertz CT molecular complexity index is 730. The number of nitro groups is 1. The first kappa shape index (κ1) is 14.4. The largest absolute Gasteiger partial charge is 0.289 e. The smallest absolute Gasteiger partial charge is 0.285 e. The molecule has 0 aliphatic carbocycles. The Hall–Kier alpha value is -1.97. The summed E-state index contributed by atoms with van der Waals surface area (Å²) in [7, 11) is -3.86. The molecule has 106 valence electrons. The fourth-order valence-corrected chi connectivity index (χ4v) is 2.66. The molecule has 0 atom stereocenters. The molecule has 0 amide bonds. The fraction of sp³-hybridized carbons (Fsp3) is 0.100. The summed E-state index contributed by atoms with van der Waals surface area (Å²) < 4.78 is 26.3. The first-order chi connectivity index (χ1) is 9.40. The van der Waals surface area contributed by atoms with Crippen molar-refractivity contribution in [3.8, 4) is 0 Å². The average Bonchev–Trinajstić information content (AvgIpc) is 2.89. The van der Waals surface area contributed by atoms with Gasteiger partial charge in [0.2, 0.25) is 10.0 Å². The van der Waals surface area contributed by atoms with Crippen LogP contribution in [0.3, 0.4) is 0 Å². The number of rotatable bonds is 5. The van der Waals surface area contributed by atoms with Gasteiger partial charge in [-0.05, 0) is 12.1 Å². The molecule has 2 aromatic rings. The Kier molecular flexibility index (Phi) is 4.02. The summed E-state index contributed by atoms with van der Waals surface area (Å²) in [6, 6.07) is 3.29. The molecule has 0 aliphatic heterocycles. The van der Waals surface area contributed by atoms with Gasteiger partial charge in [-0.3, -0.25) is 15.2 Å². The topological polar surface area (TPSA) is 118 Å². The first-order valence-electron chi connectivity index (χ1n) is 5.31. The molecule has 8 nitrogen and oxygen atoms in total. The van der Waals surface area contributed by atoms with Gasteiger partial charge >= 0.3 is 0 Å². The Balaban J connectivity index is 2.25. The maximum absolute atomic E-state index is 12.0. The quantitative estimate of drug-likeness (QED) is 0.639. The molecule has 2 N–H and O–H groups in total. The predicted molar refractivity (Wildman–Crippen MR) is 70.7 cm³/mol. The van der Waals surface area contributed by atoms with Crippen LogP contribution < -0.4 is 4.72 Å². The highest BCUT2D eigenvalue weighted by atomic mass is 35.5. The standard InChI is InChI=1S/C10H9ClN4O4S/c11-9-2-1-8(3-10(9)15(16)17)20(18,19)14-6-7-4-12-13-5-7/h1-5,14H,6H2,(H,12,13). The van der Waals surface area contributed by atoms with Crippen molar-refractivity contribution in [3.63, 3.8) is 0 Å². The Labute approximate surface area is 119 Å². The zero-order valence-electron chi connectivity index (χ0n) is 9.91. The Morgan fingerprint density at radius 2 is 2.20 bits per heavy atom. The number of aromatic nitrogens is 2. The van der Waals surface area contributed by atoms with Crippen molar-refractivity contribution in [2.45, 2.75) is 11.4 Å². The molecule has 1 aromatic heterocycles. The summed E-state index contributed by atoms with van der Waals surface area (Å²) in [6.45, 7) is 0.0231. The second-order valence-electron chi connectivity index (χ2n) is 3.80. The molecule has 0 saturated heterocycles. The van der Waals surface area contributed by atoms with Crippen LogP contribution >= 0.6 is 11.6 Å². The number of hydrogen-bond acceptors (Lipinski definition) is 5. The number of nitrogens with zero attached hydrogens (tertiary/aromatic N) is 2. The molecule has 2 rings (SSSR count). The third-order valence-corrected chi connectivity index (χ3v) is 4.16. The zero-order chi connectivity index (χ0) is 14.8. The summed E-state index contributed by atoms with van der Waals surface area (Å²) in [5.74, 6) is 0. The van der Waals surface area contributed by atoms with Crippen LogP contribution in [0.5, 0.6) is 0 Å². The molecule has 1 aromatic carbocycles. The van der Waals surface area contributed by atoms with Crippen molar-refractivity contribution in [2.24, 2.45) is 0 Å². The van der Waals surface area contributed by atoms with Crippen LogP contribution in [0.2, 0.25) is 5.02 Å². The molecule has 0 fully saturated rings. The predicted octanol–water partition coefficient (Wildman–Crippen LogP) is 1.45. The summed E-state index contributed by atoms with van der Waals surface area (Å²) in [5, 5.41) is 16.8. The van der Waals surface area contributed by atoms with Crippen LogP contribution in [0.15, 0.2) is 35.5 Å². The summed E-state index contributed by atoms with van der Waals surface area (Å²) in [4.78, 5) is 9.78. The lowest BCUT2D eigenvalue weighted by molar-refractivity contribution is -0.384. The lowest BCUT2D eigenvalue weighted by atomic mass is 10.3. The molecule has 0 radical (unpaired) electrons. The third kappa shape index (κ3) is 3.13. The van der Waals surface area contributed by atoms with Gasteiger partial charge in [0, 0.05) is 24.4 Å². The van der Waals surface area contributed by atoms with E-state index in [0.717, 1.165) is 6.07 Å². The van der Waals surface area contributed by atoms with Crippen molar-refractivity contribution in [1.29, 1.82) is 0 Å². The maximum Gasteiger partial charge on any atom is 0.289 e. The van der Waals surface area contributed by atoms with Gasteiger partial charge in [0.15, 0.2) is 0 Å². The zero-order valence-corrected chi connectivity index (χ0v) is 11.5. The van der Waals surface area contributed by atoms with Crippen LogP contribution in [0.1, 0.15) is 5.56 Å². The minimum atomic E-state index is -3.86. The number of H-pyrrole nitrogens is 1. The molecule has 0 saturated carbocycles. The SMILES string of the molecule is O=[N+]([O-])c1cc(S(=O)(=O)NCc2cn[nH]c2)ccc1Cl. The molecule has 0 aliphatic rings. The monoisotopic (exact) mass is 316 g/mol. The number of nitro benzene ring substituents is 1. The normalized spacial score (nSPS) is 11.4. The lowest BCUT2D eigenvalue weighted by Gasteiger charge is -2.06. The fourth-order valence-electron chi connectivity index (χ4n) is 1.44. The van der Waals surface area contributed by atoms with Crippen molar-refractivity contribution >= 4 is 27.3 Å². The molecule has 0 bridgehead atoms. The van der Waals surface area contributed by atoms with E-state index in [1.54, 1.807) is 0 Å². The number of nitrogens with one attached hydrogen (secondary N) is 2. The van der Waals surface area contributed by atoms with Gasteiger partial charge in [0.05, 0.1) is 16.0 Å². The van der Waals surface area contributed by atoms with Gasteiger partial charge < -0.3 is 0 Å². The highest BCUT2D eigenvalue weighted by molar-refractivity contribution is 7.89. The van der Waals surface area contributed by atoms with Crippen LogP contribution in [-0.4, -0.2) is 23.5 Å². The maximum atomic E-state index is 12.0. The minimum absolute atomic E-state index is 0.0231. The lowest BCUT2D eigenvalue weighted by Crippen LogP contribution is -2.23. The first-order valence-corrected chi connectivity index (χ1v) is 7.17. The van der Waals surface area contributed by atoms with Gasteiger partial charge in [0.25, 0.3) is 5.69 Å². The van der Waals surface area contributed by atoms with E-state index in [1.165, 1.54) is 24.5 Å². The molecular weight excluding hydrogens is 308 g/mol. The van der Waals surface area contributed by atoms with Gasteiger partial charge in [-0.1, -0.05) is 11.6 Å². The van der Waals surface area contributed by atoms with Crippen LogP contribution in [0, 0.1) is 10.1 Å². The minimum Gasteiger partial charge on any atom is -0.285 e. The van der Waals surface area contributed by atoms with Crippen molar-refractivity contribution in [1.82, 2.24) is 14.9 Å². The highest BCUT2D eigenvalue weighted by Crippen LogP contribution is 2.26. The Morgan fingerprint density at radius 3 is 2.80 bits per heavy atom. The van der Waals surface area contributed by atoms with E-state index in [1.807, 2.05) is 0 Å². The van der Waals surface area contributed by atoms with E-state index in [2.05, 4.69) is 14.9 Å². The number of aromatic amines is 1. The van der Waals surface area contributed by atoms with E-state index in [9.17, 15) is 18.5 Å². The third-order valence-electron chi connectivity index (χ3n) is 2.45. The second-order valence-corrected chi connectivity index (χ2v) is 5.98. The van der Waals surface area contributed by atoms with Crippen molar-refractivity contribution in [3.05, 3.63) is 51.3 Å². The highest BCUT2D eigenvalue weighted by Gasteiger charge is 2.20. The molecule has 10 heteroatoms. The summed E-state index contributed by atoms with van der Waals surface area (Å²) in [6.07, 6.45) is 3.00. The average molecular weight is 317 g/mol. The van der Waals surface area contributed by atoms with E-state index in [4.69, 9.17) is 11.6 Å². The number of sulfonamides is 1. The molecular formula is C10H9ClN4O4S. The van der Waals surface area contributed by atoms with E-state index in [0.29, 0.717) is 5.56 Å². The molecule has 0 spiro atoms. The molecule has 20 heavy (non-hydrogen) atoms. The van der Waals surface area contributed by atoms with E-state index < -0.39 is 20.6 Å². The molecule has 0 unspecified atom stereocenters. The van der Waals surface area contributed by atoms with Crippen molar-refractivity contribution < 1.29 is 13.3 Å². The summed E-state index contributed by atoms with van der Waals surface area (Å²) >= 11 is 5.63. The number of halogens is 1. The van der Waals surface area contributed by atoms with Crippen molar-refractivity contribution in [2.75, 3.05) is 0 Å². The van der Waals surface area contributed by atoms with Gasteiger partial charge in [0.1, 0.15) is 5.02 Å².